The summed E-state index contributed by atoms with van der Waals surface area (Å²) in [4.78, 5) is 11.8. The molecule has 1 N–H and O–H groups in total. The third kappa shape index (κ3) is 5.29. The molecule has 0 fully saturated rings. The highest BCUT2D eigenvalue weighted by atomic mass is 16.1. The molecule has 0 heterocycles. The number of rotatable bonds is 3. The molecular formula is C17H25NO. The first-order valence-corrected chi connectivity index (χ1v) is 6.80. The van der Waals surface area contributed by atoms with Crippen LogP contribution >= 0.6 is 0 Å². The third-order valence-electron chi connectivity index (χ3n) is 2.67. The average molecular weight is 259 g/mol. The molecule has 1 amide bonds. The molecule has 1 rings (SSSR count). The van der Waals surface area contributed by atoms with Crippen LogP contribution < -0.4 is 5.32 Å². The van der Waals surface area contributed by atoms with E-state index in [0.29, 0.717) is 5.56 Å². The van der Waals surface area contributed by atoms with Crippen LogP contribution in [0.4, 0.5) is 0 Å². The summed E-state index contributed by atoms with van der Waals surface area (Å²) < 4.78 is 0. The summed E-state index contributed by atoms with van der Waals surface area (Å²) in [6.45, 7) is 12.6. The van der Waals surface area contributed by atoms with Gasteiger partial charge < -0.3 is 5.32 Å². The lowest BCUT2D eigenvalue weighted by molar-refractivity contribution is 0.0943. The van der Waals surface area contributed by atoms with Crippen molar-refractivity contribution in [2.75, 3.05) is 0 Å². The molecule has 0 aliphatic heterocycles. The fourth-order valence-electron chi connectivity index (χ4n) is 1.96. The summed E-state index contributed by atoms with van der Waals surface area (Å²) in [5, 5.41) is 2.89. The first kappa shape index (κ1) is 15.5. The van der Waals surface area contributed by atoms with Gasteiger partial charge in [-0.25, -0.2) is 0 Å². The summed E-state index contributed by atoms with van der Waals surface area (Å²) in [5.41, 5.74) is 3.28. The summed E-state index contributed by atoms with van der Waals surface area (Å²) >= 11 is 0. The van der Waals surface area contributed by atoms with Gasteiger partial charge in [0.15, 0.2) is 0 Å². The SMILES string of the molecule is CC(=CC(C)(C)C)c1ccc(C(=O)NC(C)C)cc1. The van der Waals surface area contributed by atoms with Crippen molar-refractivity contribution in [2.24, 2.45) is 5.41 Å². The van der Waals surface area contributed by atoms with Gasteiger partial charge in [-0.1, -0.05) is 39.0 Å². The molecule has 0 atom stereocenters. The van der Waals surface area contributed by atoms with Crippen molar-refractivity contribution < 1.29 is 4.79 Å². The maximum atomic E-state index is 11.8. The molecule has 0 unspecified atom stereocenters. The summed E-state index contributed by atoms with van der Waals surface area (Å²) in [7, 11) is 0. The fourth-order valence-corrected chi connectivity index (χ4v) is 1.96. The van der Waals surface area contributed by atoms with Crippen LogP contribution in [-0.4, -0.2) is 11.9 Å². The average Bonchev–Trinajstić information content (AvgIpc) is 2.26. The van der Waals surface area contributed by atoms with Crippen molar-refractivity contribution in [1.82, 2.24) is 5.32 Å². The van der Waals surface area contributed by atoms with Gasteiger partial charge in [0.25, 0.3) is 5.91 Å². The number of benzene rings is 1. The Hall–Kier alpha value is -1.57. The lowest BCUT2D eigenvalue weighted by atomic mass is 9.91. The van der Waals surface area contributed by atoms with E-state index in [1.165, 1.54) is 5.57 Å². The molecule has 0 spiro atoms. The van der Waals surface area contributed by atoms with E-state index >= 15 is 0 Å². The van der Waals surface area contributed by atoms with Gasteiger partial charge in [0, 0.05) is 11.6 Å². The van der Waals surface area contributed by atoms with E-state index in [1.54, 1.807) is 0 Å². The van der Waals surface area contributed by atoms with Gasteiger partial charge in [0.05, 0.1) is 0 Å². The molecule has 2 nitrogen and oxygen atoms in total. The molecule has 0 radical (unpaired) electrons. The molecule has 0 aliphatic carbocycles. The van der Waals surface area contributed by atoms with E-state index in [1.807, 2.05) is 38.1 Å². The van der Waals surface area contributed by atoms with Crippen molar-refractivity contribution in [3.8, 4) is 0 Å². The molecule has 104 valence electrons. The molecule has 0 saturated carbocycles. The molecule has 0 aromatic heterocycles. The minimum atomic E-state index is -0.0148. The lowest BCUT2D eigenvalue weighted by Crippen LogP contribution is -2.29. The van der Waals surface area contributed by atoms with E-state index in [9.17, 15) is 4.79 Å². The van der Waals surface area contributed by atoms with Gasteiger partial charge in [-0.2, -0.15) is 0 Å². The molecule has 0 aliphatic rings. The van der Waals surface area contributed by atoms with E-state index in [4.69, 9.17) is 0 Å². The first-order valence-electron chi connectivity index (χ1n) is 6.80. The number of carbonyl (C=O) groups is 1. The Morgan fingerprint density at radius 3 is 2.00 bits per heavy atom. The van der Waals surface area contributed by atoms with E-state index in [0.717, 1.165) is 5.56 Å². The van der Waals surface area contributed by atoms with Crippen molar-refractivity contribution in [3.63, 3.8) is 0 Å². The van der Waals surface area contributed by atoms with Gasteiger partial charge in [0.2, 0.25) is 0 Å². The van der Waals surface area contributed by atoms with Crippen LogP contribution in [0.5, 0.6) is 0 Å². The number of hydrogen-bond donors (Lipinski definition) is 1. The Morgan fingerprint density at radius 2 is 1.58 bits per heavy atom. The van der Waals surface area contributed by atoms with Crippen LogP contribution in [0, 0.1) is 5.41 Å². The maximum Gasteiger partial charge on any atom is 0.251 e. The summed E-state index contributed by atoms with van der Waals surface area (Å²) in [6.07, 6.45) is 2.25. The van der Waals surface area contributed by atoms with Crippen LogP contribution in [0.25, 0.3) is 5.57 Å². The van der Waals surface area contributed by atoms with Crippen molar-refractivity contribution in [1.29, 1.82) is 0 Å². The quantitative estimate of drug-likeness (QED) is 0.862. The maximum absolute atomic E-state index is 11.8. The number of hydrogen-bond acceptors (Lipinski definition) is 1. The Kier molecular flexibility index (Phi) is 4.93. The zero-order valence-electron chi connectivity index (χ0n) is 12.9. The molecule has 0 bridgehead atoms. The molecule has 1 aromatic rings. The molecule has 2 heteroatoms. The zero-order valence-corrected chi connectivity index (χ0v) is 12.9. The lowest BCUT2D eigenvalue weighted by Gasteiger charge is -2.15. The first-order chi connectivity index (χ1) is 8.69. The van der Waals surface area contributed by atoms with Gasteiger partial charge in [-0.15, -0.1) is 0 Å². The summed E-state index contributed by atoms with van der Waals surface area (Å²) in [6, 6.07) is 7.94. The number of carbonyl (C=O) groups excluding carboxylic acids is 1. The normalized spacial score (nSPS) is 12.7. The smallest absolute Gasteiger partial charge is 0.251 e. The van der Waals surface area contributed by atoms with Crippen molar-refractivity contribution >= 4 is 11.5 Å². The number of nitrogens with one attached hydrogen (secondary N) is 1. The largest absolute Gasteiger partial charge is 0.350 e. The summed E-state index contributed by atoms with van der Waals surface area (Å²) in [5.74, 6) is -0.0148. The standard InChI is InChI=1S/C17H25NO/c1-12(2)18-16(19)15-9-7-14(8-10-15)13(3)11-17(4,5)6/h7-12H,1-6H3,(H,18,19). The van der Waals surface area contributed by atoms with Crippen LogP contribution in [0.1, 0.15) is 57.5 Å². The molecule has 1 aromatic carbocycles. The minimum absolute atomic E-state index is 0.0148. The predicted octanol–water partition coefficient (Wildman–Crippen LogP) is 4.27. The Labute approximate surface area is 116 Å². The topological polar surface area (TPSA) is 29.1 Å². The van der Waals surface area contributed by atoms with E-state index in [-0.39, 0.29) is 17.4 Å². The highest BCUT2D eigenvalue weighted by molar-refractivity contribution is 5.94. The third-order valence-corrected chi connectivity index (χ3v) is 2.67. The highest BCUT2D eigenvalue weighted by Gasteiger charge is 2.09. The highest BCUT2D eigenvalue weighted by Crippen LogP contribution is 2.23. The second kappa shape index (κ2) is 6.05. The Bertz CT molecular complexity index is 461. The van der Waals surface area contributed by atoms with Gasteiger partial charge in [-0.05, 0) is 49.5 Å². The van der Waals surface area contributed by atoms with Crippen LogP contribution in [0.2, 0.25) is 0 Å². The molecule has 0 saturated heterocycles. The number of allylic oxidation sites excluding steroid dienone is 2. The van der Waals surface area contributed by atoms with Crippen LogP contribution in [-0.2, 0) is 0 Å². The second-order valence-corrected chi connectivity index (χ2v) is 6.40. The van der Waals surface area contributed by atoms with E-state index < -0.39 is 0 Å². The van der Waals surface area contributed by atoms with E-state index in [2.05, 4.69) is 39.1 Å². The van der Waals surface area contributed by atoms with Gasteiger partial charge in [0.1, 0.15) is 0 Å². The van der Waals surface area contributed by atoms with Crippen LogP contribution in [0.3, 0.4) is 0 Å². The van der Waals surface area contributed by atoms with Crippen LogP contribution in [0.15, 0.2) is 30.3 Å². The van der Waals surface area contributed by atoms with Crippen molar-refractivity contribution in [2.45, 2.75) is 47.6 Å². The Morgan fingerprint density at radius 1 is 1.11 bits per heavy atom. The molecular weight excluding hydrogens is 234 g/mol. The van der Waals surface area contributed by atoms with Gasteiger partial charge >= 0.3 is 0 Å². The monoisotopic (exact) mass is 259 g/mol. The molecule has 19 heavy (non-hydrogen) atoms. The number of amides is 1. The van der Waals surface area contributed by atoms with Gasteiger partial charge in [-0.3, -0.25) is 4.79 Å². The van der Waals surface area contributed by atoms with Crippen molar-refractivity contribution in [3.05, 3.63) is 41.5 Å². The predicted molar refractivity (Wildman–Crippen MR) is 82.2 cm³/mol. The Balaban J connectivity index is 2.88. The zero-order chi connectivity index (χ0) is 14.6. The second-order valence-electron chi connectivity index (χ2n) is 6.40. The fraction of sp³-hybridized carbons (Fsp3) is 0.471. The minimum Gasteiger partial charge on any atom is -0.350 e.